The second kappa shape index (κ2) is 3.95. The molecule has 0 aliphatic rings. The number of rotatable bonds is 1. The van der Waals surface area contributed by atoms with Gasteiger partial charge in [0.15, 0.2) is 0 Å². The standard InChI is InChI=1S/C17H12N2/c1-2-6-12(7-3-1)13-8-4-10-15-16(13)14-9-5-11-18-17(14)19-15/h1-11H,(H,18,19). The summed E-state index contributed by atoms with van der Waals surface area (Å²) in [4.78, 5) is 7.77. The van der Waals surface area contributed by atoms with E-state index in [2.05, 4.69) is 58.5 Å². The van der Waals surface area contributed by atoms with Crippen LogP contribution >= 0.6 is 0 Å². The van der Waals surface area contributed by atoms with Crippen molar-refractivity contribution in [2.24, 2.45) is 0 Å². The summed E-state index contributed by atoms with van der Waals surface area (Å²) in [5, 5.41) is 2.42. The molecule has 0 atom stereocenters. The molecule has 0 radical (unpaired) electrons. The van der Waals surface area contributed by atoms with Crippen molar-refractivity contribution in [3.63, 3.8) is 0 Å². The van der Waals surface area contributed by atoms with Crippen molar-refractivity contribution in [3.8, 4) is 11.1 Å². The van der Waals surface area contributed by atoms with E-state index in [9.17, 15) is 0 Å². The third-order valence-corrected chi connectivity index (χ3v) is 3.48. The minimum atomic E-state index is 0.945. The molecule has 19 heavy (non-hydrogen) atoms. The quantitative estimate of drug-likeness (QED) is 0.528. The van der Waals surface area contributed by atoms with Crippen LogP contribution in [0, 0.1) is 0 Å². The molecule has 2 heterocycles. The van der Waals surface area contributed by atoms with Gasteiger partial charge in [-0.2, -0.15) is 0 Å². The van der Waals surface area contributed by atoms with Crippen LogP contribution in [-0.4, -0.2) is 9.97 Å². The summed E-state index contributed by atoms with van der Waals surface area (Å²) in [5.41, 5.74) is 4.56. The average molecular weight is 244 g/mol. The highest BCUT2D eigenvalue weighted by molar-refractivity contribution is 6.13. The van der Waals surface area contributed by atoms with E-state index < -0.39 is 0 Å². The first-order valence-electron chi connectivity index (χ1n) is 6.34. The molecule has 0 spiro atoms. The van der Waals surface area contributed by atoms with E-state index >= 15 is 0 Å². The lowest BCUT2D eigenvalue weighted by Crippen LogP contribution is -1.78. The minimum absolute atomic E-state index is 0.945. The number of nitrogens with zero attached hydrogens (tertiary/aromatic N) is 1. The second-order valence-electron chi connectivity index (χ2n) is 4.62. The third-order valence-electron chi connectivity index (χ3n) is 3.48. The summed E-state index contributed by atoms with van der Waals surface area (Å²) in [7, 11) is 0. The smallest absolute Gasteiger partial charge is 0.138 e. The molecule has 0 aliphatic carbocycles. The zero-order valence-electron chi connectivity index (χ0n) is 10.3. The molecule has 0 amide bonds. The minimum Gasteiger partial charge on any atom is -0.339 e. The van der Waals surface area contributed by atoms with Crippen LogP contribution in [0.25, 0.3) is 33.1 Å². The number of pyridine rings is 1. The van der Waals surface area contributed by atoms with E-state index in [0.717, 1.165) is 11.2 Å². The van der Waals surface area contributed by atoms with Gasteiger partial charge in [-0.1, -0.05) is 42.5 Å². The molecule has 1 N–H and O–H groups in total. The molecule has 4 aromatic rings. The molecule has 0 fully saturated rings. The Morgan fingerprint density at radius 2 is 1.68 bits per heavy atom. The highest BCUT2D eigenvalue weighted by Gasteiger charge is 2.09. The summed E-state index contributed by atoms with van der Waals surface area (Å²) in [6, 6.07) is 20.9. The fraction of sp³-hybridized carbons (Fsp3) is 0. The Morgan fingerprint density at radius 1 is 0.789 bits per heavy atom. The molecule has 0 aliphatic heterocycles. The van der Waals surface area contributed by atoms with Gasteiger partial charge in [-0.05, 0) is 29.3 Å². The van der Waals surface area contributed by atoms with Crippen molar-refractivity contribution < 1.29 is 0 Å². The van der Waals surface area contributed by atoms with Crippen LogP contribution in [0.1, 0.15) is 0 Å². The zero-order chi connectivity index (χ0) is 12.7. The lowest BCUT2D eigenvalue weighted by molar-refractivity contribution is 1.35. The van der Waals surface area contributed by atoms with Crippen LogP contribution < -0.4 is 0 Å². The molecule has 4 rings (SSSR count). The fourth-order valence-electron chi connectivity index (χ4n) is 2.64. The Balaban J connectivity index is 2.17. The molecular weight excluding hydrogens is 232 g/mol. The van der Waals surface area contributed by atoms with Gasteiger partial charge in [0.05, 0.1) is 0 Å². The number of benzene rings is 2. The molecule has 2 aromatic heterocycles. The topological polar surface area (TPSA) is 28.7 Å². The van der Waals surface area contributed by atoms with Gasteiger partial charge in [0.1, 0.15) is 5.65 Å². The Morgan fingerprint density at radius 3 is 2.58 bits per heavy atom. The van der Waals surface area contributed by atoms with Crippen LogP contribution in [0.2, 0.25) is 0 Å². The summed E-state index contributed by atoms with van der Waals surface area (Å²) in [6.45, 7) is 0. The first-order valence-corrected chi connectivity index (χ1v) is 6.34. The molecule has 90 valence electrons. The van der Waals surface area contributed by atoms with Crippen molar-refractivity contribution in [1.29, 1.82) is 0 Å². The van der Waals surface area contributed by atoms with Crippen molar-refractivity contribution in [1.82, 2.24) is 9.97 Å². The number of nitrogens with one attached hydrogen (secondary N) is 1. The fourth-order valence-corrected chi connectivity index (χ4v) is 2.64. The van der Waals surface area contributed by atoms with Crippen LogP contribution in [0.15, 0.2) is 66.9 Å². The van der Waals surface area contributed by atoms with Gasteiger partial charge in [0.25, 0.3) is 0 Å². The predicted molar refractivity (Wildman–Crippen MR) is 79.0 cm³/mol. The Labute approximate surface area is 110 Å². The van der Waals surface area contributed by atoms with Gasteiger partial charge in [-0.25, -0.2) is 4.98 Å². The van der Waals surface area contributed by atoms with Crippen molar-refractivity contribution in [2.45, 2.75) is 0 Å². The van der Waals surface area contributed by atoms with Crippen LogP contribution in [0.4, 0.5) is 0 Å². The van der Waals surface area contributed by atoms with E-state index in [0.29, 0.717) is 0 Å². The third kappa shape index (κ3) is 1.54. The van der Waals surface area contributed by atoms with Crippen molar-refractivity contribution in [2.75, 3.05) is 0 Å². The van der Waals surface area contributed by atoms with Crippen LogP contribution in [0.3, 0.4) is 0 Å². The number of fused-ring (bicyclic) bond motifs is 3. The van der Waals surface area contributed by atoms with Gasteiger partial charge in [0, 0.05) is 22.5 Å². The lowest BCUT2D eigenvalue weighted by atomic mass is 10.0. The largest absolute Gasteiger partial charge is 0.339 e. The Hall–Kier alpha value is -2.61. The molecule has 0 saturated heterocycles. The summed E-state index contributed by atoms with van der Waals surface area (Å²) < 4.78 is 0. The van der Waals surface area contributed by atoms with Crippen LogP contribution in [0.5, 0.6) is 0 Å². The molecule has 2 nitrogen and oxygen atoms in total. The van der Waals surface area contributed by atoms with Crippen LogP contribution in [-0.2, 0) is 0 Å². The van der Waals surface area contributed by atoms with E-state index in [-0.39, 0.29) is 0 Å². The van der Waals surface area contributed by atoms with Gasteiger partial charge >= 0.3 is 0 Å². The highest BCUT2D eigenvalue weighted by Crippen LogP contribution is 2.33. The number of aromatic nitrogens is 2. The molecule has 2 aromatic carbocycles. The predicted octanol–water partition coefficient (Wildman–Crippen LogP) is 4.38. The van der Waals surface area contributed by atoms with Crippen molar-refractivity contribution >= 4 is 21.9 Å². The molecule has 0 saturated carbocycles. The second-order valence-corrected chi connectivity index (χ2v) is 4.62. The first kappa shape index (κ1) is 10.3. The Bertz CT molecular complexity index is 860. The zero-order valence-corrected chi connectivity index (χ0v) is 10.3. The van der Waals surface area contributed by atoms with Gasteiger partial charge in [-0.15, -0.1) is 0 Å². The van der Waals surface area contributed by atoms with E-state index in [1.54, 1.807) is 0 Å². The van der Waals surface area contributed by atoms with Gasteiger partial charge in [0.2, 0.25) is 0 Å². The molecule has 0 bridgehead atoms. The van der Waals surface area contributed by atoms with Gasteiger partial charge in [-0.3, -0.25) is 0 Å². The normalized spacial score (nSPS) is 11.2. The maximum atomic E-state index is 4.40. The number of hydrogen-bond donors (Lipinski definition) is 1. The molecular formula is C17H12N2. The van der Waals surface area contributed by atoms with E-state index in [1.807, 2.05) is 18.3 Å². The molecule has 0 unspecified atom stereocenters. The monoisotopic (exact) mass is 244 g/mol. The maximum Gasteiger partial charge on any atom is 0.138 e. The van der Waals surface area contributed by atoms with Crippen molar-refractivity contribution in [3.05, 3.63) is 66.9 Å². The maximum absolute atomic E-state index is 4.40. The summed E-state index contributed by atoms with van der Waals surface area (Å²) in [6.07, 6.45) is 1.82. The lowest BCUT2D eigenvalue weighted by Gasteiger charge is -2.03. The van der Waals surface area contributed by atoms with E-state index in [4.69, 9.17) is 0 Å². The number of aromatic amines is 1. The SMILES string of the molecule is c1ccc(-c2cccc3[nH]c4ncccc4c23)cc1. The highest BCUT2D eigenvalue weighted by atomic mass is 14.8. The van der Waals surface area contributed by atoms with Gasteiger partial charge < -0.3 is 4.98 Å². The first-order chi connectivity index (χ1) is 9.43. The number of H-pyrrole nitrogens is 1. The molecule has 2 heteroatoms. The Kier molecular flexibility index (Phi) is 2.15. The average Bonchev–Trinajstić information content (AvgIpc) is 2.86. The number of hydrogen-bond acceptors (Lipinski definition) is 1. The van der Waals surface area contributed by atoms with E-state index in [1.165, 1.54) is 21.9 Å². The summed E-state index contributed by atoms with van der Waals surface area (Å²) >= 11 is 0. The summed E-state index contributed by atoms with van der Waals surface area (Å²) in [5.74, 6) is 0.